The molecule has 3 aliphatic rings. The van der Waals surface area contributed by atoms with Crippen molar-refractivity contribution < 1.29 is 22.1 Å². The number of hydrogen-bond acceptors (Lipinski definition) is 6. The predicted molar refractivity (Wildman–Crippen MR) is 127 cm³/mol. The molecule has 0 amide bonds. The molecule has 2 bridgehead atoms. The number of halogens is 4. The highest BCUT2D eigenvalue weighted by atomic mass is 35.5. The zero-order chi connectivity index (χ0) is 24.9. The number of benzene rings is 1. The Morgan fingerprint density at radius 3 is 2.60 bits per heavy atom. The van der Waals surface area contributed by atoms with Crippen molar-refractivity contribution >= 4 is 34.3 Å². The highest BCUT2D eigenvalue weighted by Gasteiger charge is 2.38. The largest absolute Gasteiger partial charge is 0.416 e. The summed E-state index contributed by atoms with van der Waals surface area (Å²) < 4.78 is 62.9. The van der Waals surface area contributed by atoms with Crippen molar-refractivity contribution in [1.29, 1.82) is 0 Å². The minimum absolute atomic E-state index is 0.0206. The molecule has 4 heterocycles. The number of ether oxygens (including phenoxy) is 1. The number of alkyl halides is 3. The monoisotopic (exact) mass is 530 g/mol. The van der Waals surface area contributed by atoms with E-state index in [1.54, 1.807) is 6.92 Å². The van der Waals surface area contributed by atoms with Gasteiger partial charge in [-0.3, -0.25) is 0 Å². The molecule has 8 nitrogen and oxygen atoms in total. The molecule has 0 aliphatic carbocycles. The van der Waals surface area contributed by atoms with E-state index in [0.29, 0.717) is 44.0 Å². The Labute approximate surface area is 208 Å². The molecule has 0 radical (unpaired) electrons. The minimum atomic E-state index is -4.51. The van der Waals surface area contributed by atoms with E-state index in [9.17, 15) is 17.4 Å². The van der Waals surface area contributed by atoms with Gasteiger partial charge < -0.3 is 15.8 Å². The van der Waals surface area contributed by atoms with Crippen LogP contribution in [0, 0.1) is 0 Å². The van der Waals surface area contributed by atoms with Crippen molar-refractivity contribution in [2.75, 3.05) is 30.7 Å². The van der Waals surface area contributed by atoms with Crippen molar-refractivity contribution in [2.24, 2.45) is 0 Å². The van der Waals surface area contributed by atoms with Gasteiger partial charge in [-0.25, -0.2) is 22.8 Å². The molecule has 3 aliphatic heterocycles. The van der Waals surface area contributed by atoms with Crippen LogP contribution in [0.5, 0.6) is 0 Å². The number of anilines is 2. The van der Waals surface area contributed by atoms with Gasteiger partial charge >= 0.3 is 6.18 Å². The zero-order valence-electron chi connectivity index (χ0n) is 19.0. The summed E-state index contributed by atoms with van der Waals surface area (Å²) in [4.78, 5) is 8.66. The Bertz CT molecular complexity index is 1140. The molecule has 0 spiro atoms. The number of rotatable bonds is 5. The molecule has 35 heavy (non-hydrogen) atoms. The lowest BCUT2D eigenvalue weighted by Crippen LogP contribution is -2.49. The highest BCUT2D eigenvalue weighted by molar-refractivity contribution is 7.80. The predicted octanol–water partition coefficient (Wildman–Crippen LogP) is 3.70. The van der Waals surface area contributed by atoms with Gasteiger partial charge in [0.05, 0.1) is 29.5 Å². The summed E-state index contributed by atoms with van der Waals surface area (Å²) in [5.41, 5.74) is 6.78. The average Bonchev–Trinajstić information content (AvgIpc) is 3.14. The summed E-state index contributed by atoms with van der Waals surface area (Å²) in [6.45, 7) is 3.84. The third-order valence-electron chi connectivity index (χ3n) is 6.61. The van der Waals surface area contributed by atoms with E-state index in [1.807, 2.05) is 8.61 Å². The second-order valence-electron chi connectivity index (χ2n) is 9.17. The van der Waals surface area contributed by atoms with E-state index in [2.05, 4.69) is 15.3 Å². The first-order valence-electron chi connectivity index (χ1n) is 11.4. The van der Waals surface area contributed by atoms with Crippen LogP contribution in [0.2, 0.25) is 5.28 Å². The number of fused-ring (bicyclic) bond motifs is 3. The molecule has 0 saturated carbocycles. The Kier molecular flexibility index (Phi) is 6.68. The lowest BCUT2D eigenvalue weighted by molar-refractivity contribution is -0.137. The fourth-order valence-electron chi connectivity index (χ4n) is 4.86. The molecule has 4 atom stereocenters. The lowest BCUT2D eigenvalue weighted by Gasteiger charge is -2.36. The van der Waals surface area contributed by atoms with E-state index < -0.39 is 29.0 Å². The van der Waals surface area contributed by atoms with Crippen LogP contribution in [0.25, 0.3) is 0 Å². The average molecular weight is 531 g/mol. The van der Waals surface area contributed by atoms with Crippen LogP contribution in [-0.2, 0) is 35.1 Å². The lowest BCUT2D eigenvalue weighted by atomic mass is 10.0. The number of nitrogen functional groups attached to an aromatic ring is 1. The SMILES string of the molecule is C[C@@H](Nc1nc(Cl)nc2c1CN(S(=O)N1CC3CCC(C1)O3)CC2)c1cc(N)cc(C(F)(F)F)c1. The molecule has 2 saturated heterocycles. The zero-order valence-corrected chi connectivity index (χ0v) is 20.6. The Hall–Kier alpha value is -1.99. The van der Waals surface area contributed by atoms with Crippen LogP contribution in [0.3, 0.4) is 0 Å². The molecule has 1 aromatic heterocycles. The van der Waals surface area contributed by atoms with Gasteiger partial charge in [0.1, 0.15) is 5.82 Å². The van der Waals surface area contributed by atoms with E-state index in [-0.39, 0.29) is 23.2 Å². The molecule has 5 rings (SSSR count). The molecule has 3 N–H and O–H groups in total. The number of aromatic nitrogens is 2. The van der Waals surface area contributed by atoms with E-state index in [0.717, 1.165) is 36.2 Å². The second kappa shape index (κ2) is 9.47. The van der Waals surface area contributed by atoms with Gasteiger partial charge in [-0.1, -0.05) is 0 Å². The van der Waals surface area contributed by atoms with Crippen molar-refractivity contribution in [1.82, 2.24) is 18.6 Å². The summed E-state index contributed by atoms with van der Waals surface area (Å²) >= 11 is 4.80. The number of nitrogens with one attached hydrogen (secondary N) is 1. The first-order valence-corrected chi connectivity index (χ1v) is 12.9. The summed E-state index contributed by atoms with van der Waals surface area (Å²) in [6.07, 6.45) is -1.77. The van der Waals surface area contributed by atoms with Gasteiger partial charge in [0.15, 0.2) is 11.2 Å². The number of hydrogen-bond donors (Lipinski definition) is 2. The quantitative estimate of drug-likeness (QED) is 0.452. The molecular weight excluding hydrogens is 505 g/mol. The number of morpholine rings is 1. The fraction of sp³-hybridized carbons (Fsp3) is 0.545. The van der Waals surface area contributed by atoms with Crippen LogP contribution in [0.15, 0.2) is 18.2 Å². The maximum atomic E-state index is 13.4. The topological polar surface area (TPSA) is 96.6 Å². The highest BCUT2D eigenvalue weighted by Crippen LogP contribution is 2.35. The minimum Gasteiger partial charge on any atom is -0.399 e. The molecule has 1 aromatic carbocycles. The van der Waals surface area contributed by atoms with Crippen molar-refractivity contribution in [3.63, 3.8) is 0 Å². The molecule has 13 heteroatoms. The van der Waals surface area contributed by atoms with Gasteiger partial charge in [0.25, 0.3) is 0 Å². The van der Waals surface area contributed by atoms with Crippen LogP contribution >= 0.6 is 11.6 Å². The third-order valence-corrected chi connectivity index (χ3v) is 8.27. The van der Waals surface area contributed by atoms with Crippen LogP contribution < -0.4 is 11.1 Å². The van der Waals surface area contributed by atoms with Gasteiger partial charge in [0, 0.05) is 43.9 Å². The Balaban J connectivity index is 1.37. The Morgan fingerprint density at radius 2 is 1.91 bits per heavy atom. The standard InChI is InChI=1S/C22H26ClF3N6O2S/c1-12(13-6-14(22(24,25)26)8-15(27)7-13)28-20-18-11-31(5-4-19(18)29-21(23)30-20)35(33)32-9-16-2-3-17(10-32)34-16/h6-8,12,16-17H,2-5,9-11,27H2,1H3,(H,28,29,30)/t12-,16?,17?,35?/m1/s1. The maximum absolute atomic E-state index is 13.4. The van der Waals surface area contributed by atoms with Crippen LogP contribution in [-0.4, -0.2) is 54.6 Å². The second-order valence-corrected chi connectivity index (χ2v) is 11.0. The normalized spacial score (nSPS) is 24.7. The van der Waals surface area contributed by atoms with Crippen molar-refractivity contribution in [2.45, 2.75) is 57.2 Å². The summed E-state index contributed by atoms with van der Waals surface area (Å²) in [5, 5.41) is 3.22. The van der Waals surface area contributed by atoms with Gasteiger partial charge in [-0.05, 0) is 55.1 Å². The number of nitrogens with two attached hydrogens (primary N) is 1. The van der Waals surface area contributed by atoms with Crippen LogP contribution in [0.4, 0.5) is 24.7 Å². The third kappa shape index (κ3) is 5.26. The van der Waals surface area contributed by atoms with E-state index in [1.165, 1.54) is 6.07 Å². The van der Waals surface area contributed by atoms with Gasteiger partial charge in [-0.2, -0.15) is 13.2 Å². The van der Waals surface area contributed by atoms with Crippen molar-refractivity contribution in [3.8, 4) is 0 Å². The van der Waals surface area contributed by atoms with Crippen LogP contribution in [0.1, 0.15) is 48.2 Å². The molecule has 190 valence electrons. The summed E-state index contributed by atoms with van der Waals surface area (Å²) in [7, 11) is 0. The summed E-state index contributed by atoms with van der Waals surface area (Å²) in [6, 6.07) is 2.92. The van der Waals surface area contributed by atoms with Crippen molar-refractivity contribution in [3.05, 3.63) is 45.9 Å². The smallest absolute Gasteiger partial charge is 0.399 e. The fourth-order valence-corrected chi connectivity index (χ4v) is 6.45. The Morgan fingerprint density at radius 1 is 1.20 bits per heavy atom. The first kappa shape index (κ1) is 24.7. The van der Waals surface area contributed by atoms with Gasteiger partial charge in [-0.15, -0.1) is 0 Å². The molecule has 2 fully saturated rings. The molecule has 2 aromatic rings. The summed E-state index contributed by atoms with van der Waals surface area (Å²) in [5.74, 6) is 0.409. The first-order chi connectivity index (χ1) is 16.6. The van der Waals surface area contributed by atoms with Gasteiger partial charge in [0.2, 0.25) is 5.28 Å². The van der Waals surface area contributed by atoms with E-state index in [4.69, 9.17) is 22.1 Å². The maximum Gasteiger partial charge on any atom is 0.416 e. The van der Waals surface area contributed by atoms with E-state index >= 15 is 0 Å². The molecular formula is C22H26ClF3N6O2S. The molecule has 3 unspecified atom stereocenters. The number of nitrogens with zero attached hydrogens (tertiary/aromatic N) is 4.